The number of hydrogen-bond donors (Lipinski definition) is 2. The molecule has 0 saturated heterocycles. The smallest absolute Gasteiger partial charge is 0.354 e. The number of ether oxygens (including phenoxy) is 1. The van der Waals surface area contributed by atoms with Crippen LogP contribution in [0.1, 0.15) is 16.2 Å². The van der Waals surface area contributed by atoms with E-state index < -0.39 is 5.97 Å². The summed E-state index contributed by atoms with van der Waals surface area (Å²) >= 11 is 0. The Labute approximate surface area is 86.4 Å². The molecule has 0 amide bonds. The molecule has 2 rings (SSSR count). The highest BCUT2D eigenvalue weighted by Gasteiger charge is 2.12. The van der Waals surface area contributed by atoms with Gasteiger partial charge in [0.25, 0.3) is 0 Å². The number of carbonyl (C=O) groups excluding carboxylic acids is 1. The number of aromatic nitrogens is 1. The van der Waals surface area contributed by atoms with Gasteiger partial charge in [0.15, 0.2) is 5.58 Å². The number of esters is 1. The first-order valence-electron chi connectivity index (χ1n) is 4.59. The van der Waals surface area contributed by atoms with Gasteiger partial charge in [-0.2, -0.15) is 0 Å². The Morgan fingerprint density at radius 1 is 1.60 bits per heavy atom. The molecule has 2 N–H and O–H groups in total. The minimum Gasteiger partial charge on any atom is -0.464 e. The Morgan fingerprint density at radius 3 is 3.00 bits per heavy atom. The number of H-pyrrole nitrogens is 1. The molecule has 2 aromatic rings. The molecule has 5 heteroatoms. The van der Waals surface area contributed by atoms with Crippen molar-refractivity contribution < 1.29 is 13.9 Å². The summed E-state index contributed by atoms with van der Waals surface area (Å²) < 4.78 is 10.1. The maximum absolute atomic E-state index is 11.2. The number of aromatic amines is 1. The summed E-state index contributed by atoms with van der Waals surface area (Å²) in [5.41, 5.74) is 1.88. The van der Waals surface area contributed by atoms with Gasteiger partial charge in [-0.15, -0.1) is 0 Å². The molecule has 80 valence electrons. The highest BCUT2D eigenvalue weighted by atomic mass is 16.5. The zero-order valence-corrected chi connectivity index (χ0v) is 8.59. The molecule has 0 fully saturated rings. The van der Waals surface area contributed by atoms with Crippen molar-refractivity contribution in [1.29, 1.82) is 0 Å². The first kappa shape index (κ1) is 9.79. The summed E-state index contributed by atoms with van der Waals surface area (Å²) in [7, 11) is 3.19. The average Bonchev–Trinajstić information content (AvgIpc) is 2.74. The van der Waals surface area contributed by atoms with Gasteiger partial charge in [0.05, 0.1) is 19.2 Å². The van der Waals surface area contributed by atoms with E-state index in [-0.39, 0.29) is 0 Å². The molecule has 0 unspecified atom stereocenters. The number of methoxy groups -OCH3 is 1. The second-order valence-corrected chi connectivity index (χ2v) is 3.20. The van der Waals surface area contributed by atoms with E-state index in [0.29, 0.717) is 17.8 Å². The standard InChI is InChI=1S/C10H12N2O3/c1-11-5-6-3-7-9(15-6)4-8(12-7)10(13)14-2/h3-4,11-12H,5H2,1-2H3. The second kappa shape index (κ2) is 3.78. The molecule has 0 saturated carbocycles. The molecule has 5 nitrogen and oxygen atoms in total. The van der Waals surface area contributed by atoms with Crippen LogP contribution in [0.5, 0.6) is 0 Å². The van der Waals surface area contributed by atoms with Gasteiger partial charge < -0.3 is 19.5 Å². The van der Waals surface area contributed by atoms with Crippen molar-refractivity contribution in [2.45, 2.75) is 6.54 Å². The van der Waals surface area contributed by atoms with Gasteiger partial charge in [0.2, 0.25) is 0 Å². The largest absolute Gasteiger partial charge is 0.464 e. The predicted molar refractivity (Wildman–Crippen MR) is 54.7 cm³/mol. The minimum atomic E-state index is -0.392. The lowest BCUT2D eigenvalue weighted by atomic mass is 10.4. The minimum absolute atomic E-state index is 0.392. The first-order valence-corrected chi connectivity index (χ1v) is 4.59. The monoisotopic (exact) mass is 208 g/mol. The fourth-order valence-electron chi connectivity index (χ4n) is 1.46. The van der Waals surface area contributed by atoms with Crippen LogP contribution in [-0.2, 0) is 11.3 Å². The van der Waals surface area contributed by atoms with E-state index in [1.54, 1.807) is 6.07 Å². The fraction of sp³-hybridized carbons (Fsp3) is 0.300. The van der Waals surface area contributed by atoms with Gasteiger partial charge in [0.1, 0.15) is 11.5 Å². The van der Waals surface area contributed by atoms with Gasteiger partial charge in [-0.05, 0) is 7.05 Å². The van der Waals surface area contributed by atoms with E-state index in [9.17, 15) is 4.79 Å². The van der Waals surface area contributed by atoms with Crippen LogP contribution < -0.4 is 5.32 Å². The van der Waals surface area contributed by atoms with Crippen LogP contribution in [0.4, 0.5) is 0 Å². The Bertz CT molecular complexity index is 452. The molecule has 0 aliphatic carbocycles. The first-order chi connectivity index (χ1) is 7.24. The van der Waals surface area contributed by atoms with E-state index in [2.05, 4.69) is 15.0 Å². The van der Waals surface area contributed by atoms with E-state index in [4.69, 9.17) is 4.42 Å². The van der Waals surface area contributed by atoms with Crippen molar-refractivity contribution in [2.24, 2.45) is 0 Å². The molecule has 0 bridgehead atoms. The summed E-state index contributed by atoms with van der Waals surface area (Å²) in [4.78, 5) is 14.1. The summed E-state index contributed by atoms with van der Waals surface area (Å²) in [6.07, 6.45) is 0. The summed E-state index contributed by atoms with van der Waals surface area (Å²) in [6.45, 7) is 0.663. The Morgan fingerprint density at radius 2 is 2.40 bits per heavy atom. The summed E-state index contributed by atoms with van der Waals surface area (Å²) in [6, 6.07) is 3.50. The molecular formula is C10H12N2O3. The number of rotatable bonds is 3. The number of carbonyl (C=O) groups is 1. The average molecular weight is 208 g/mol. The number of furan rings is 1. The molecule has 0 spiro atoms. The van der Waals surface area contributed by atoms with E-state index in [1.165, 1.54) is 7.11 Å². The van der Waals surface area contributed by atoms with Gasteiger partial charge in [-0.1, -0.05) is 0 Å². The van der Waals surface area contributed by atoms with E-state index >= 15 is 0 Å². The fourth-order valence-corrected chi connectivity index (χ4v) is 1.46. The Balaban J connectivity index is 2.34. The van der Waals surface area contributed by atoms with Gasteiger partial charge in [-0.25, -0.2) is 4.79 Å². The van der Waals surface area contributed by atoms with Crippen molar-refractivity contribution in [3.8, 4) is 0 Å². The molecule has 0 aromatic carbocycles. The Hall–Kier alpha value is -1.75. The molecule has 2 aromatic heterocycles. The van der Waals surface area contributed by atoms with Gasteiger partial charge in [-0.3, -0.25) is 0 Å². The third kappa shape index (κ3) is 1.73. The summed E-state index contributed by atoms with van der Waals surface area (Å²) in [5, 5.41) is 2.98. The van der Waals surface area contributed by atoms with Gasteiger partial charge in [0, 0.05) is 12.1 Å². The van der Waals surface area contributed by atoms with Crippen LogP contribution in [0.3, 0.4) is 0 Å². The quantitative estimate of drug-likeness (QED) is 0.745. The van der Waals surface area contributed by atoms with Crippen molar-refractivity contribution in [3.05, 3.63) is 23.6 Å². The topological polar surface area (TPSA) is 67.3 Å². The molecule has 0 radical (unpaired) electrons. The van der Waals surface area contributed by atoms with Crippen LogP contribution in [0.2, 0.25) is 0 Å². The summed E-state index contributed by atoms with van der Waals surface area (Å²) in [5.74, 6) is 0.437. The molecular weight excluding hydrogens is 196 g/mol. The Kier molecular flexibility index (Phi) is 2.47. The van der Waals surface area contributed by atoms with E-state index in [1.807, 2.05) is 13.1 Å². The van der Waals surface area contributed by atoms with Gasteiger partial charge >= 0.3 is 5.97 Å². The predicted octanol–water partition coefficient (Wildman–Crippen LogP) is 1.27. The molecule has 0 atom stereocenters. The van der Waals surface area contributed by atoms with Crippen LogP contribution in [0.15, 0.2) is 16.5 Å². The van der Waals surface area contributed by atoms with Crippen molar-refractivity contribution >= 4 is 17.1 Å². The lowest BCUT2D eigenvalue weighted by Gasteiger charge is -1.93. The third-order valence-electron chi connectivity index (χ3n) is 2.11. The van der Waals surface area contributed by atoms with Crippen LogP contribution in [0.25, 0.3) is 11.1 Å². The zero-order valence-electron chi connectivity index (χ0n) is 8.59. The van der Waals surface area contributed by atoms with Crippen LogP contribution in [0, 0.1) is 0 Å². The zero-order chi connectivity index (χ0) is 10.8. The van der Waals surface area contributed by atoms with Crippen LogP contribution >= 0.6 is 0 Å². The lowest BCUT2D eigenvalue weighted by molar-refractivity contribution is 0.0595. The van der Waals surface area contributed by atoms with E-state index in [0.717, 1.165) is 11.3 Å². The number of fused-ring (bicyclic) bond motifs is 1. The van der Waals surface area contributed by atoms with Crippen molar-refractivity contribution in [1.82, 2.24) is 10.3 Å². The molecule has 2 heterocycles. The normalized spacial score (nSPS) is 10.8. The van der Waals surface area contributed by atoms with Crippen molar-refractivity contribution in [2.75, 3.05) is 14.2 Å². The maximum atomic E-state index is 11.2. The highest BCUT2D eigenvalue weighted by Crippen LogP contribution is 2.20. The van der Waals surface area contributed by atoms with Crippen LogP contribution in [-0.4, -0.2) is 25.1 Å². The maximum Gasteiger partial charge on any atom is 0.354 e. The highest BCUT2D eigenvalue weighted by molar-refractivity contribution is 5.93. The molecule has 15 heavy (non-hydrogen) atoms. The number of hydrogen-bond acceptors (Lipinski definition) is 4. The van der Waals surface area contributed by atoms with Crippen molar-refractivity contribution in [3.63, 3.8) is 0 Å². The second-order valence-electron chi connectivity index (χ2n) is 3.20. The lowest BCUT2D eigenvalue weighted by Crippen LogP contribution is -2.03. The molecule has 0 aliphatic heterocycles. The molecule has 0 aliphatic rings. The number of nitrogens with one attached hydrogen (secondary N) is 2. The SMILES string of the molecule is CNCc1cc2[nH]c(C(=O)OC)cc2o1. The third-order valence-corrected chi connectivity index (χ3v) is 2.11.